The second-order valence-electron chi connectivity index (χ2n) is 5.14. The van der Waals surface area contributed by atoms with E-state index in [0.717, 1.165) is 6.42 Å². The first-order valence-electron chi connectivity index (χ1n) is 9.33. The minimum Gasteiger partial charge on any atom is -0.384 e. The zero-order valence-electron chi connectivity index (χ0n) is 17.7. The molecular formula is C20H49N. The van der Waals surface area contributed by atoms with Gasteiger partial charge in [-0.3, -0.25) is 0 Å². The molecule has 1 heteroatoms. The molecule has 0 saturated carbocycles. The van der Waals surface area contributed by atoms with Gasteiger partial charge in [0.1, 0.15) is 0 Å². The lowest BCUT2D eigenvalue weighted by molar-refractivity contribution is 0.460. The van der Waals surface area contributed by atoms with E-state index in [-0.39, 0.29) is 5.54 Å². The van der Waals surface area contributed by atoms with Crippen molar-refractivity contribution in [3.8, 4) is 0 Å². The van der Waals surface area contributed by atoms with Gasteiger partial charge in [0.05, 0.1) is 0 Å². The first-order valence-corrected chi connectivity index (χ1v) is 9.33. The Morgan fingerprint density at radius 1 is 0.810 bits per heavy atom. The van der Waals surface area contributed by atoms with Crippen LogP contribution in [0.1, 0.15) is 115 Å². The maximum atomic E-state index is 4.00. The summed E-state index contributed by atoms with van der Waals surface area (Å²) in [6.45, 7) is 29.0. The molecule has 0 rings (SSSR count). The molecule has 0 atom stereocenters. The van der Waals surface area contributed by atoms with Gasteiger partial charge in [-0.2, -0.15) is 0 Å². The third-order valence-corrected chi connectivity index (χ3v) is 1.63. The van der Waals surface area contributed by atoms with Crippen molar-refractivity contribution in [3.05, 3.63) is 12.3 Å². The summed E-state index contributed by atoms with van der Waals surface area (Å²) in [4.78, 5) is 0. The Hall–Kier alpha value is -0.460. The molecule has 0 spiro atoms. The lowest BCUT2D eigenvalue weighted by Crippen LogP contribution is -2.34. The third kappa shape index (κ3) is 66.1. The van der Waals surface area contributed by atoms with E-state index in [0.29, 0.717) is 0 Å². The third-order valence-electron chi connectivity index (χ3n) is 1.63. The number of nitrogens with one attached hydrogen (secondary N) is 1. The molecule has 0 saturated heterocycles. The highest BCUT2D eigenvalue weighted by atomic mass is 15.0. The summed E-state index contributed by atoms with van der Waals surface area (Å²) in [6.07, 6.45) is 6.22. The van der Waals surface area contributed by atoms with Crippen molar-refractivity contribution in [3.63, 3.8) is 0 Å². The normalized spacial score (nSPS) is 8.19. The van der Waals surface area contributed by atoms with Crippen LogP contribution in [-0.4, -0.2) is 5.54 Å². The van der Waals surface area contributed by atoms with Crippen molar-refractivity contribution in [2.75, 3.05) is 0 Å². The Labute approximate surface area is 139 Å². The minimum absolute atomic E-state index is 0.170. The maximum absolute atomic E-state index is 4.00. The molecule has 0 unspecified atom stereocenters. The Kier molecular flexibility index (Phi) is 49.1. The van der Waals surface area contributed by atoms with Crippen molar-refractivity contribution >= 4 is 0 Å². The molecule has 0 aromatic carbocycles. The van der Waals surface area contributed by atoms with Crippen molar-refractivity contribution in [2.45, 2.75) is 121 Å². The fourth-order valence-electron chi connectivity index (χ4n) is 1.18. The minimum atomic E-state index is 0.170. The van der Waals surface area contributed by atoms with E-state index in [1.807, 2.05) is 41.5 Å². The molecule has 21 heavy (non-hydrogen) atoms. The molecule has 0 aliphatic heterocycles. The molecule has 0 aliphatic carbocycles. The van der Waals surface area contributed by atoms with Crippen LogP contribution >= 0.6 is 0 Å². The van der Waals surface area contributed by atoms with Gasteiger partial charge in [0, 0.05) is 11.2 Å². The molecule has 1 nitrogen and oxygen atoms in total. The predicted molar refractivity (Wildman–Crippen MR) is 106 cm³/mol. The highest BCUT2D eigenvalue weighted by molar-refractivity contribution is 4.95. The lowest BCUT2D eigenvalue weighted by atomic mass is 10.1. The summed E-state index contributed by atoms with van der Waals surface area (Å²) in [5.41, 5.74) is 1.35. The van der Waals surface area contributed by atoms with Crippen LogP contribution < -0.4 is 5.32 Å². The van der Waals surface area contributed by atoms with Crippen LogP contribution in [-0.2, 0) is 0 Å². The molecule has 0 fully saturated rings. The van der Waals surface area contributed by atoms with Gasteiger partial charge in [-0.25, -0.2) is 0 Å². The second-order valence-corrected chi connectivity index (χ2v) is 5.14. The standard InChI is InChI=1S/C11H23N.C3H8.3C2H6/c1-6-7-8-9-10(2)12-11(3,4)5;1-3-2;3*1-2/h12H,2,6-9H2,1,3-5H3;3H2,1-2H3;3*1-2H3. The predicted octanol–water partition coefficient (Wildman–Crippen LogP) is 7.96. The molecule has 0 aromatic heterocycles. The zero-order chi connectivity index (χ0) is 18.3. The lowest BCUT2D eigenvalue weighted by Gasteiger charge is -2.23. The quantitative estimate of drug-likeness (QED) is 0.508. The van der Waals surface area contributed by atoms with Gasteiger partial charge in [0.15, 0.2) is 0 Å². The molecule has 134 valence electrons. The van der Waals surface area contributed by atoms with Crippen molar-refractivity contribution < 1.29 is 0 Å². The smallest absolute Gasteiger partial charge is 0.0286 e. The van der Waals surface area contributed by atoms with Crippen LogP contribution in [0.25, 0.3) is 0 Å². The Bertz CT molecular complexity index is 142. The molecule has 0 bridgehead atoms. The number of hydrogen-bond acceptors (Lipinski definition) is 1. The summed E-state index contributed by atoms with van der Waals surface area (Å²) < 4.78 is 0. The van der Waals surface area contributed by atoms with Gasteiger partial charge in [-0.1, -0.05) is 88.2 Å². The highest BCUT2D eigenvalue weighted by Crippen LogP contribution is 2.09. The van der Waals surface area contributed by atoms with Gasteiger partial charge in [0.2, 0.25) is 0 Å². The fourth-order valence-corrected chi connectivity index (χ4v) is 1.18. The first kappa shape index (κ1) is 32.5. The molecule has 0 amide bonds. The molecule has 0 aliphatic rings. The van der Waals surface area contributed by atoms with E-state index in [1.54, 1.807) is 0 Å². The first-order chi connectivity index (χ1) is 9.87. The molecule has 0 heterocycles. The van der Waals surface area contributed by atoms with E-state index >= 15 is 0 Å². The van der Waals surface area contributed by atoms with Crippen LogP contribution in [0.2, 0.25) is 0 Å². The number of unbranched alkanes of at least 4 members (excludes halogenated alkanes) is 2. The Balaban J connectivity index is -0.0000000795. The number of hydrogen-bond donors (Lipinski definition) is 1. The highest BCUT2D eigenvalue weighted by Gasteiger charge is 2.08. The topological polar surface area (TPSA) is 12.0 Å². The largest absolute Gasteiger partial charge is 0.384 e. The molecule has 0 aromatic rings. The van der Waals surface area contributed by atoms with Gasteiger partial charge in [-0.15, -0.1) is 0 Å². The second kappa shape index (κ2) is 31.8. The van der Waals surface area contributed by atoms with Gasteiger partial charge >= 0.3 is 0 Å². The fraction of sp³-hybridized carbons (Fsp3) is 0.900. The van der Waals surface area contributed by atoms with Crippen LogP contribution in [0.5, 0.6) is 0 Å². The number of rotatable bonds is 5. The number of allylic oxidation sites excluding steroid dienone is 1. The van der Waals surface area contributed by atoms with Crippen LogP contribution in [0, 0.1) is 0 Å². The van der Waals surface area contributed by atoms with Gasteiger partial charge < -0.3 is 5.32 Å². The zero-order valence-corrected chi connectivity index (χ0v) is 17.7. The van der Waals surface area contributed by atoms with Gasteiger partial charge in [0.25, 0.3) is 0 Å². The molecular weight excluding hydrogens is 254 g/mol. The van der Waals surface area contributed by atoms with E-state index in [1.165, 1.54) is 31.4 Å². The van der Waals surface area contributed by atoms with Crippen LogP contribution in [0.3, 0.4) is 0 Å². The average molecular weight is 304 g/mol. The van der Waals surface area contributed by atoms with E-state index < -0.39 is 0 Å². The van der Waals surface area contributed by atoms with E-state index in [9.17, 15) is 0 Å². The van der Waals surface area contributed by atoms with Crippen molar-refractivity contribution in [1.82, 2.24) is 5.32 Å². The SMILES string of the molecule is C=C(CCCCC)NC(C)(C)C.CC.CC.CC.CCC. The van der Waals surface area contributed by atoms with Crippen LogP contribution in [0.4, 0.5) is 0 Å². The van der Waals surface area contributed by atoms with E-state index in [2.05, 4.69) is 53.4 Å². The average Bonchev–Trinajstić information content (AvgIpc) is 2.45. The Morgan fingerprint density at radius 2 is 1.14 bits per heavy atom. The summed E-state index contributed by atoms with van der Waals surface area (Å²) in [5.74, 6) is 0. The summed E-state index contributed by atoms with van der Waals surface area (Å²) >= 11 is 0. The molecule has 1 N–H and O–H groups in total. The Morgan fingerprint density at radius 3 is 1.38 bits per heavy atom. The van der Waals surface area contributed by atoms with Gasteiger partial charge in [-0.05, 0) is 33.6 Å². The summed E-state index contributed by atoms with van der Waals surface area (Å²) in [7, 11) is 0. The maximum Gasteiger partial charge on any atom is 0.0286 e. The summed E-state index contributed by atoms with van der Waals surface area (Å²) in [5, 5.41) is 3.38. The van der Waals surface area contributed by atoms with E-state index in [4.69, 9.17) is 0 Å². The monoisotopic (exact) mass is 303 g/mol. The van der Waals surface area contributed by atoms with Crippen LogP contribution in [0.15, 0.2) is 12.3 Å². The molecule has 0 radical (unpaired) electrons. The van der Waals surface area contributed by atoms with Crippen molar-refractivity contribution in [1.29, 1.82) is 0 Å². The summed E-state index contributed by atoms with van der Waals surface area (Å²) in [6, 6.07) is 0. The van der Waals surface area contributed by atoms with Crippen molar-refractivity contribution in [2.24, 2.45) is 0 Å².